The standard InChI is InChI=1S/C28H33N3O12/c1-30-28(29)31-8-13-11(4-3-5-32)6-12-19(22(13)36)24(38)20-16(7-15(41-2)14(9-33)18(20)21(12)35)42-27-26(40)25(39)23(37)17(10-34)43-27/h5-7,17,23,25-27,33-34,36-37,39-40H,3-4,8-10H2,1-2H3,(H3,29,30,31). The molecule has 0 saturated carbocycles. The summed E-state index contributed by atoms with van der Waals surface area (Å²) in [6, 6.07) is 2.55. The fraction of sp³-hybridized carbons (Fsp3) is 0.429. The third-order valence-corrected chi connectivity index (χ3v) is 7.47. The molecule has 5 unspecified atom stereocenters. The average Bonchev–Trinajstić information content (AvgIpc) is 3.01. The Labute approximate surface area is 245 Å². The van der Waals surface area contributed by atoms with Crippen molar-refractivity contribution in [1.29, 1.82) is 0 Å². The number of carbonyl (C=O) groups excluding carboxylic acids is 3. The zero-order valence-electron chi connectivity index (χ0n) is 23.3. The van der Waals surface area contributed by atoms with E-state index in [1.54, 1.807) is 0 Å². The second kappa shape index (κ2) is 13.0. The number of carbonyl (C=O) groups is 3. The maximum absolute atomic E-state index is 14.1. The first-order valence-corrected chi connectivity index (χ1v) is 13.2. The van der Waals surface area contributed by atoms with Crippen LogP contribution < -0.4 is 20.5 Å². The Hall–Kier alpha value is -4.12. The molecule has 1 aliphatic carbocycles. The molecule has 2 aromatic rings. The molecule has 1 fully saturated rings. The van der Waals surface area contributed by atoms with Crippen molar-refractivity contribution in [3.05, 3.63) is 51.1 Å². The van der Waals surface area contributed by atoms with Gasteiger partial charge in [-0.25, -0.2) is 0 Å². The normalized spacial score (nSPS) is 23.4. The number of rotatable bonds is 10. The number of benzene rings is 2. The van der Waals surface area contributed by atoms with Gasteiger partial charge < -0.3 is 60.7 Å². The quantitative estimate of drug-likeness (QED) is 0.0710. The van der Waals surface area contributed by atoms with Gasteiger partial charge in [-0.15, -0.1) is 0 Å². The SMILES string of the molecule is CN=C(N)NCc1c(CCC=O)cc2c(c1O)C(=O)c1c(OC3OC(CO)C(O)C(O)C3O)cc(OC)c(CO)c1C2=O. The molecule has 15 heteroatoms. The van der Waals surface area contributed by atoms with Crippen molar-refractivity contribution in [3.63, 3.8) is 0 Å². The van der Waals surface area contributed by atoms with Gasteiger partial charge in [-0.1, -0.05) is 0 Å². The Balaban J connectivity index is 1.91. The van der Waals surface area contributed by atoms with Crippen molar-refractivity contribution in [2.75, 3.05) is 20.8 Å². The van der Waals surface area contributed by atoms with Crippen LogP contribution >= 0.6 is 0 Å². The van der Waals surface area contributed by atoms with Gasteiger partial charge >= 0.3 is 0 Å². The molecular formula is C28H33N3O12. The van der Waals surface area contributed by atoms with Gasteiger partial charge in [-0.2, -0.15) is 0 Å². The van der Waals surface area contributed by atoms with Crippen LogP contribution in [0, 0.1) is 0 Å². The minimum atomic E-state index is -1.85. The predicted octanol–water partition coefficient (Wildman–Crippen LogP) is -1.99. The lowest BCUT2D eigenvalue weighted by molar-refractivity contribution is -0.277. The summed E-state index contributed by atoms with van der Waals surface area (Å²) in [5.74, 6) is -2.63. The molecule has 2 aromatic carbocycles. The summed E-state index contributed by atoms with van der Waals surface area (Å²) >= 11 is 0. The first kappa shape index (κ1) is 31.8. The van der Waals surface area contributed by atoms with E-state index in [9.17, 15) is 45.0 Å². The third-order valence-electron chi connectivity index (χ3n) is 7.47. The largest absolute Gasteiger partial charge is 0.507 e. The van der Waals surface area contributed by atoms with Crippen LogP contribution in [0.4, 0.5) is 0 Å². The van der Waals surface area contributed by atoms with Crippen LogP contribution in [0.5, 0.6) is 17.2 Å². The monoisotopic (exact) mass is 603 g/mol. The van der Waals surface area contributed by atoms with Crippen LogP contribution in [-0.4, -0.2) is 106 Å². The Morgan fingerprint density at radius 2 is 1.77 bits per heavy atom. The molecule has 43 heavy (non-hydrogen) atoms. The maximum atomic E-state index is 14.1. The molecule has 0 spiro atoms. The number of aliphatic hydroxyl groups excluding tert-OH is 5. The first-order chi connectivity index (χ1) is 20.5. The predicted molar refractivity (Wildman–Crippen MR) is 147 cm³/mol. The number of nitrogens with two attached hydrogens (primary N) is 1. The molecule has 0 amide bonds. The number of fused-ring (bicyclic) bond motifs is 2. The van der Waals surface area contributed by atoms with Gasteiger partial charge in [0.2, 0.25) is 12.1 Å². The van der Waals surface area contributed by atoms with Crippen LogP contribution in [0.1, 0.15) is 55.0 Å². The number of phenolic OH excluding ortho intramolecular Hbond substituents is 1. The summed E-state index contributed by atoms with van der Waals surface area (Å²) in [5.41, 5.74) is 4.97. The number of ketones is 2. The van der Waals surface area contributed by atoms with Crippen LogP contribution in [-0.2, 0) is 29.1 Å². The van der Waals surface area contributed by atoms with E-state index in [1.165, 1.54) is 26.3 Å². The fourth-order valence-electron chi connectivity index (χ4n) is 5.20. The van der Waals surface area contributed by atoms with Crippen LogP contribution in [0.15, 0.2) is 17.1 Å². The molecular weight excluding hydrogens is 570 g/mol. The van der Waals surface area contributed by atoms with Gasteiger partial charge in [0, 0.05) is 48.3 Å². The summed E-state index contributed by atoms with van der Waals surface area (Å²) < 4.78 is 16.5. The van der Waals surface area contributed by atoms with E-state index in [2.05, 4.69) is 10.3 Å². The van der Waals surface area contributed by atoms with Crippen LogP contribution in [0.2, 0.25) is 0 Å². The number of nitrogens with zero attached hydrogens (tertiary/aromatic N) is 1. The maximum Gasteiger partial charge on any atom is 0.229 e. The second-order valence-corrected chi connectivity index (χ2v) is 9.89. The van der Waals surface area contributed by atoms with Gasteiger partial charge in [0.15, 0.2) is 11.7 Å². The Morgan fingerprint density at radius 1 is 1.05 bits per heavy atom. The molecule has 2 aliphatic rings. The number of ether oxygens (including phenoxy) is 3. The van der Waals surface area contributed by atoms with Crippen molar-refractivity contribution in [2.45, 2.75) is 56.7 Å². The van der Waals surface area contributed by atoms with E-state index in [0.717, 1.165) is 0 Å². The van der Waals surface area contributed by atoms with Crippen molar-refractivity contribution >= 4 is 23.8 Å². The van der Waals surface area contributed by atoms with Crippen molar-refractivity contribution in [3.8, 4) is 17.2 Å². The van der Waals surface area contributed by atoms with E-state index >= 15 is 0 Å². The molecule has 4 rings (SSSR count). The van der Waals surface area contributed by atoms with E-state index in [-0.39, 0.29) is 64.7 Å². The minimum Gasteiger partial charge on any atom is -0.507 e. The number of aromatic hydroxyl groups is 1. The molecule has 1 heterocycles. The molecule has 1 aliphatic heterocycles. The smallest absolute Gasteiger partial charge is 0.229 e. The highest BCUT2D eigenvalue weighted by atomic mass is 16.7. The zero-order valence-corrected chi connectivity index (χ0v) is 23.3. The van der Waals surface area contributed by atoms with Gasteiger partial charge in [0.1, 0.15) is 48.0 Å². The molecule has 5 atom stereocenters. The summed E-state index contributed by atoms with van der Waals surface area (Å²) in [6.45, 7) is -1.59. The van der Waals surface area contributed by atoms with E-state index in [4.69, 9.17) is 19.9 Å². The lowest BCUT2D eigenvalue weighted by atomic mass is 9.78. The second-order valence-electron chi connectivity index (χ2n) is 9.89. The highest BCUT2D eigenvalue weighted by Crippen LogP contribution is 2.44. The van der Waals surface area contributed by atoms with Crippen molar-refractivity contribution < 1.29 is 59.2 Å². The first-order valence-electron chi connectivity index (χ1n) is 13.2. The molecule has 0 radical (unpaired) electrons. The number of aliphatic hydroxyl groups is 5. The van der Waals surface area contributed by atoms with E-state index in [0.29, 0.717) is 11.8 Å². The van der Waals surface area contributed by atoms with E-state index in [1.807, 2.05) is 0 Å². The Morgan fingerprint density at radius 3 is 2.37 bits per heavy atom. The van der Waals surface area contributed by atoms with Gasteiger partial charge in [-0.3, -0.25) is 14.6 Å². The lowest BCUT2D eigenvalue weighted by Gasteiger charge is -2.40. The van der Waals surface area contributed by atoms with Crippen LogP contribution in [0.25, 0.3) is 0 Å². The topological polar surface area (TPSA) is 251 Å². The zero-order chi connectivity index (χ0) is 31.6. The Kier molecular flexibility index (Phi) is 9.64. The fourth-order valence-corrected chi connectivity index (χ4v) is 5.20. The third kappa shape index (κ3) is 5.65. The summed E-state index contributed by atoms with van der Waals surface area (Å²) in [4.78, 5) is 43.1. The molecule has 1 saturated heterocycles. The van der Waals surface area contributed by atoms with Crippen LogP contribution in [0.3, 0.4) is 0 Å². The lowest BCUT2D eigenvalue weighted by Crippen LogP contribution is -2.60. The summed E-state index contributed by atoms with van der Waals surface area (Å²) in [5, 5.41) is 64.8. The number of hydrogen-bond acceptors (Lipinski definition) is 13. The number of aryl methyl sites for hydroxylation is 1. The summed E-state index contributed by atoms with van der Waals surface area (Å²) in [7, 11) is 2.68. The molecule has 15 nitrogen and oxygen atoms in total. The van der Waals surface area contributed by atoms with Gasteiger partial charge in [0.05, 0.1) is 31.5 Å². The number of nitrogens with one attached hydrogen (secondary N) is 1. The molecule has 0 bridgehead atoms. The molecule has 0 aromatic heterocycles. The number of methoxy groups -OCH3 is 1. The number of hydrogen-bond donors (Lipinski definition) is 8. The van der Waals surface area contributed by atoms with Crippen molar-refractivity contribution in [1.82, 2.24) is 5.32 Å². The van der Waals surface area contributed by atoms with E-state index < -0.39 is 66.8 Å². The molecule has 9 N–H and O–H groups in total. The number of phenols is 1. The van der Waals surface area contributed by atoms with Gasteiger partial charge in [0.25, 0.3) is 0 Å². The Bertz CT molecular complexity index is 1460. The number of aliphatic imine (C=N–C) groups is 1. The van der Waals surface area contributed by atoms with Gasteiger partial charge in [-0.05, 0) is 18.1 Å². The average molecular weight is 604 g/mol. The summed E-state index contributed by atoms with van der Waals surface area (Å²) in [6.07, 6.45) is -7.57. The number of guanidine groups is 1. The van der Waals surface area contributed by atoms with Crippen molar-refractivity contribution in [2.24, 2.45) is 10.7 Å². The molecule has 232 valence electrons. The number of aldehydes is 1. The highest BCUT2D eigenvalue weighted by molar-refractivity contribution is 6.31. The highest BCUT2D eigenvalue weighted by Gasteiger charge is 2.46. The minimum absolute atomic E-state index is 0.0288.